The van der Waals surface area contributed by atoms with Crippen LogP contribution >= 0.6 is 0 Å². The predicted octanol–water partition coefficient (Wildman–Crippen LogP) is 4.12. The second-order valence-electron chi connectivity index (χ2n) is 5.88. The van der Waals surface area contributed by atoms with E-state index < -0.39 is 9.84 Å². The molecule has 0 unspecified atom stereocenters. The summed E-state index contributed by atoms with van der Waals surface area (Å²) < 4.78 is 30.3. The Bertz CT molecular complexity index is 1030. The molecule has 3 aromatic rings. The lowest BCUT2D eigenvalue weighted by Crippen LogP contribution is -1.96. The molecule has 0 N–H and O–H groups in total. The highest BCUT2D eigenvalue weighted by molar-refractivity contribution is 7.90. The predicted molar refractivity (Wildman–Crippen MR) is 104 cm³/mol. The van der Waals surface area contributed by atoms with E-state index in [9.17, 15) is 8.42 Å². The van der Waals surface area contributed by atoms with Crippen molar-refractivity contribution in [3.63, 3.8) is 0 Å². The third-order valence-corrected chi connectivity index (χ3v) is 5.12. The summed E-state index contributed by atoms with van der Waals surface area (Å²) in [7, 11) is -1.59. The quantitative estimate of drug-likeness (QED) is 0.680. The summed E-state index contributed by atoms with van der Waals surface area (Å²) in [6, 6.07) is 14.5. The molecule has 26 heavy (non-hydrogen) atoms. The zero-order valence-electron chi connectivity index (χ0n) is 14.9. The fourth-order valence-electron chi connectivity index (χ4n) is 2.68. The minimum Gasteiger partial charge on any atom is -0.497 e. The average Bonchev–Trinajstić information content (AvgIpc) is 3.05. The first kappa shape index (κ1) is 17.9. The Balaban J connectivity index is 2.10. The number of aromatic nitrogens is 2. The number of methoxy groups -OCH3 is 1. The number of ether oxygens (including phenoxy) is 1. The van der Waals surface area contributed by atoms with Gasteiger partial charge in [-0.2, -0.15) is 5.10 Å². The van der Waals surface area contributed by atoms with E-state index in [4.69, 9.17) is 4.74 Å². The van der Waals surface area contributed by atoms with Crippen LogP contribution in [0.2, 0.25) is 0 Å². The highest BCUT2D eigenvalue weighted by Crippen LogP contribution is 2.32. The Hall–Kier alpha value is -2.86. The second kappa shape index (κ2) is 7.17. The molecule has 0 aliphatic carbocycles. The van der Waals surface area contributed by atoms with Crippen molar-refractivity contribution in [1.29, 1.82) is 0 Å². The highest BCUT2D eigenvalue weighted by Gasteiger charge is 2.14. The van der Waals surface area contributed by atoms with Gasteiger partial charge in [0.05, 0.1) is 12.0 Å². The van der Waals surface area contributed by atoms with Crippen LogP contribution in [0.5, 0.6) is 5.75 Å². The fraction of sp³-hybridized carbons (Fsp3) is 0.150. The molecule has 0 saturated heterocycles. The van der Waals surface area contributed by atoms with E-state index in [2.05, 4.69) is 5.10 Å². The molecule has 0 amide bonds. The van der Waals surface area contributed by atoms with Crippen LogP contribution in [0, 0.1) is 0 Å². The van der Waals surface area contributed by atoms with Gasteiger partial charge in [0.2, 0.25) is 0 Å². The van der Waals surface area contributed by atoms with Gasteiger partial charge in [0.25, 0.3) is 0 Å². The van der Waals surface area contributed by atoms with Gasteiger partial charge in [0, 0.05) is 29.8 Å². The molecule has 3 rings (SSSR count). The minimum atomic E-state index is -3.23. The monoisotopic (exact) mass is 368 g/mol. The van der Waals surface area contributed by atoms with Gasteiger partial charge in [0.15, 0.2) is 9.84 Å². The largest absolute Gasteiger partial charge is 0.497 e. The Labute approximate surface area is 153 Å². The van der Waals surface area contributed by atoms with E-state index in [0.29, 0.717) is 4.90 Å². The van der Waals surface area contributed by atoms with Gasteiger partial charge in [-0.15, -0.1) is 0 Å². The molecule has 2 aromatic carbocycles. The summed E-state index contributed by atoms with van der Waals surface area (Å²) in [6.07, 6.45) is 6.91. The van der Waals surface area contributed by atoms with Crippen LogP contribution in [-0.2, 0) is 9.84 Å². The molecule has 1 heterocycles. The zero-order valence-corrected chi connectivity index (χ0v) is 15.7. The summed E-state index contributed by atoms with van der Waals surface area (Å²) in [4.78, 5) is 0.292. The Morgan fingerprint density at radius 1 is 1.00 bits per heavy atom. The van der Waals surface area contributed by atoms with Crippen LogP contribution in [0.15, 0.2) is 65.7 Å². The maximum Gasteiger partial charge on any atom is 0.175 e. The third-order valence-electron chi connectivity index (χ3n) is 3.99. The molecule has 0 radical (unpaired) electrons. The number of benzene rings is 2. The van der Waals surface area contributed by atoms with E-state index in [0.717, 1.165) is 28.1 Å². The Kier molecular flexibility index (Phi) is 4.95. The lowest BCUT2D eigenvalue weighted by Gasteiger charge is -2.05. The van der Waals surface area contributed by atoms with E-state index in [1.165, 1.54) is 6.26 Å². The first-order chi connectivity index (χ1) is 12.4. The van der Waals surface area contributed by atoms with E-state index in [-0.39, 0.29) is 0 Å². The maximum absolute atomic E-state index is 11.7. The van der Waals surface area contributed by atoms with Gasteiger partial charge in [-0.05, 0) is 36.8 Å². The lowest BCUT2D eigenvalue weighted by molar-refractivity contribution is 0.415. The average molecular weight is 368 g/mol. The molecule has 0 atom stereocenters. The number of nitrogens with zero attached hydrogens (tertiary/aromatic N) is 2. The van der Waals surface area contributed by atoms with Gasteiger partial charge in [-0.1, -0.05) is 30.3 Å². The van der Waals surface area contributed by atoms with Crippen molar-refractivity contribution in [3.8, 4) is 28.1 Å². The summed E-state index contributed by atoms with van der Waals surface area (Å²) >= 11 is 0. The molecule has 134 valence electrons. The minimum absolute atomic E-state index is 0.292. The van der Waals surface area contributed by atoms with Crippen molar-refractivity contribution >= 4 is 16.0 Å². The highest BCUT2D eigenvalue weighted by atomic mass is 32.2. The molecule has 0 bridgehead atoms. The van der Waals surface area contributed by atoms with Gasteiger partial charge >= 0.3 is 0 Å². The second-order valence-corrected chi connectivity index (χ2v) is 7.89. The molecule has 0 aliphatic heterocycles. The van der Waals surface area contributed by atoms with Crippen LogP contribution in [0.1, 0.15) is 6.92 Å². The van der Waals surface area contributed by atoms with E-state index in [1.807, 2.05) is 49.7 Å². The van der Waals surface area contributed by atoms with Crippen molar-refractivity contribution in [2.75, 3.05) is 13.4 Å². The van der Waals surface area contributed by atoms with Gasteiger partial charge in [-0.25, -0.2) is 13.1 Å². The van der Waals surface area contributed by atoms with E-state index in [1.54, 1.807) is 36.1 Å². The van der Waals surface area contributed by atoms with Crippen LogP contribution in [0.25, 0.3) is 28.6 Å². The zero-order chi connectivity index (χ0) is 18.7. The normalized spacial score (nSPS) is 11.8. The van der Waals surface area contributed by atoms with E-state index >= 15 is 0 Å². The standard InChI is InChI=1S/C20H20N2O3S/c1-4-13-22-14-19(15-5-9-17(25-2)10-6-15)20(21-22)16-7-11-18(12-8-16)26(3,23)24/h4-14H,1-3H3. The topological polar surface area (TPSA) is 61.2 Å². The number of hydrogen-bond acceptors (Lipinski definition) is 4. The van der Waals surface area contributed by atoms with Crippen molar-refractivity contribution in [3.05, 3.63) is 60.8 Å². The van der Waals surface area contributed by atoms with Crippen molar-refractivity contribution in [2.24, 2.45) is 0 Å². The summed E-state index contributed by atoms with van der Waals surface area (Å²) in [5, 5.41) is 4.63. The van der Waals surface area contributed by atoms with Crippen molar-refractivity contribution in [2.45, 2.75) is 11.8 Å². The summed E-state index contributed by atoms with van der Waals surface area (Å²) in [5.74, 6) is 0.786. The molecule has 0 spiro atoms. The van der Waals surface area contributed by atoms with Crippen molar-refractivity contribution < 1.29 is 13.2 Å². The van der Waals surface area contributed by atoms with Gasteiger partial charge in [0.1, 0.15) is 11.4 Å². The number of rotatable bonds is 5. The number of hydrogen-bond donors (Lipinski definition) is 0. The Morgan fingerprint density at radius 2 is 1.62 bits per heavy atom. The van der Waals surface area contributed by atoms with Crippen molar-refractivity contribution in [1.82, 2.24) is 9.78 Å². The molecule has 6 heteroatoms. The first-order valence-electron chi connectivity index (χ1n) is 8.09. The maximum atomic E-state index is 11.7. The fourth-order valence-corrected chi connectivity index (χ4v) is 3.31. The molecular formula is C20H20N2O3S. The summed E-state index contributed by atoms with van der Waals surface area (Å²) in [6.45, 7) is 1.93. The number of sulfone groups is 1. The first-order valence-corrected chi connectivity index (χ1v) is 9.98. The van der Waals surface area contributed by atoms with Crippen LogP contribution < -0.4 is 4.74 Å². The molecular weight excluding hydrogens is 348 g/mol. The summed E-state index contributed by atoms with van der Waals surface area (Å²) in [5.41, 5.74) is 3.60. The smallest absolute Gasteiger partial charge is 0.175 e. The third kappa shape index (κ3) is 3.70. The van der Waals surface area contributed by atoms with Gasteiger partial charge in [-0.3, -0.25) is 0 Å². The molecule has 1 aromatic heterocycles. The molecule has 0 saturated carbocycles. The van der Waals surface area contributed by atoms with Gasteiger partial charge < -0.3 is 4.74 Å². The van der Waals surface area contributed by atoms with Crippen LogP contribution in [-0.4, -0.2) is 31.6 Å². The SMILES string of the molecule is CC=Cn1cc(-c2ccc(OC)cc2)c(-c2ccc(S(C)(=O)=O)cc2)n1. The molecule has 0 fully saturated rings. The molecule has 0 aliphatic rings. The molecule has 5 nitrogen and oxygen atoms in total. The number of allylic oxidation sites excluding steroid dienone is 1. The van der Waals surface area contributed by atoms with Crippen LogP contribution in [0.4, 0.5) is 0 Å². The van der Waals surface area contributed by atoms with Crippen LogP contribution in [0.3, 0.4) is 0 Å². The Morgan fingerprint density at radius 3 is 2.15 bits per heavy atom. The lowest BCUT2D eigenvalue weighted by atomic mass is 10.0.